The number of aryl methyl sites for hydroxylation is 1. The molecule has 0 bridgehead atoms. The van der Waals surface area contributed by atoms with E-state index in [1.54, 1.807) is 0 Å². The number of rotatable bonds is 9. The number of hydrogen-bond donors (Lipinski definition) is 0. The molecule has 1 heterocycles. The van der Waals surface area contributed by atoms with Crippen LogP contribution in [-0.2, 0) is 26.9 Å². The Balaban J connectivity index is 1.50. The van der Waals surface area contributed by atoms with Gasteiger partial charge in [-0.3, -0.25) is 0 Å². The zero-order valence-electron chi connectivity index (χ0n) is 20.1. The zero-order chi connectivity index (χ0) is 23.2. The second-order valence-corrected chi connectivity index (χ2v) is 14.1. The van der Waals surface area contributed by atoms with Gasteiger partial charge in [-0.15, -0.1) is 0 Å². The van der Waals surface area contributed by atoms with Gasteiger partial charge in [0.05, 0.1) is 19.8 Å². The molecular weight excluding hydrogens is 424 g/mol. The van der Waals surface area contributed by atoms with Crippen molar-refractivity contribution in [3.05, 3.63) is 96.1 Å². The summed E-state index contributed by atoms with van der Waals surface area (Å²) in [5, 5.41) is 2.62. The van der Waals surface area contributed by atoms with Crippen LogP contribution in [0, 0.1) is 0 Å². The summed E-state index contributed by atoms with van der Waals surface area (Å²) in [5.41, 5.74) is 2.57. The van der Waals surface area contributed by atoms with Gasteiger partial charge < -0.3 is 13.9 Å². The third-order valence-corrected chi connectivity index (χ3v) is 11.5. The molecule has 0 aliphatic carbocycles. The summed E-state index contributed by atoms with van der Waals surface area (Å²) in [6.45, 7) is 9.02. The Morgan fingerprint density at radius 3 is 1.79 bits per heavy atom. The molecule has 4 heteroatoms. The van der Waals surface area contributed by atoms with Crippen LogP contribution in [0.1, 0.15) is 44.7 Å². The molecule has 0 unspecified atom stereocenters. The maximum Gasteiger partial charge on any atom is 0.261 e. The molecule has 1 saturated heterocycles. The van der Waals surface area contributed by atoms with Crippen LogP contribution < -0.4 is 10.4 Å². The Hall–Kier alpha value is -2.24. The van der Waals surface area contributed by atoms with Gasteiger partial charge in [-0.25, -0.2) is 0 Å². The van der Waals surface area contributed by atoms with E-state index in [9.17, 15) is 0 Å². The molecule has 0 atom stereocenters. The van der Waals surface area contributed by atoms with Crippen molar-refractivity contribution in [1.29, 1.82) is 0 Å². The predicted molar refractivity (Wildman–Crippen MR) is 137 cm³/mol. The Morgan fingerprint density at radius 1 is 0.758 bits per heavy atom. The van der Waals surface area contributed by atoms with Gasteiger partial charge in [0.15, 0.2) is 6.29 Å². The van der Waals surface area contributed by atoms with Crippen molar-refractivity contribution in [2.45, 2.75) is 58.0 Å². The lowest BCUT2D eigenvalue weighted by Gasteiger charge is -2.43. The molecule has 4 rings (SSSR count). The Kier molecular flexibility index (Phi) is 7.81. The molecular formula is C29H36O3Si. The lowest BCUT2D eigenvalue weighted by Crippen LogP contribution is -2.66. The molecule has 0 spiro atoms. The van der Waals surface area contributed by atoms with E-state index in [4.69, 9.17) is 13.9 Å². The van der Waals surface area contributed by atoms with Crippen LogP contribution in [-0.4, -0.2) is 27.8 Å². The maximum atomic E-state index is 7.05. The molecule has 3 aromatic carbocycles. The van der Waals surface area contributed by atoms with Crippen molar-refractivity contribution < 1.29 is 13.9 Å². The van der Waals surface area contributed by atoms with Gasteiger partial charge >= 0.3 is 0 Å². The van der Waals surface area contributed by atoms with E-state index in [2.05, 4.69) is 106 Å². The fraction of sp³-hybridized carbons (Fsp3) is 0.379. The molecule has 33 heavy (non-hydrogen) atoms. The average Bonchev–Trinajstić information content (AvgIpc) is 3.35. The fourth-order valence-corrected chi connectivity index (χ4v) is 9.34. The predicted octanol–water partition coefficient (Wildman–Crippen LogP) is 5.46. The van der Waals surface area contributed by atoms with Gasteiger partial charge in [0.25, 0.3) is 8.32 Å². The van der Waals surface area contributed by atoms with Crippen molar-refractivity contribution in [2.24, 2.45) is 0 Å². The van der Waals surface area contributed by atoms with E-state index in [1.807, 2.05) is 0 Å². The van der Waals surface area contributed by atoms with E-state index in [0.29, 0.717) is 6.61 Å². The van der Waals surface area contributed by atoms with Gasteiger partial charge in [0, 0.05) is 0 Å². The topological polar surface area (TPSA) is 27.7 Å². The third-order valence-electron chi connectivity index (χ3n) is 6.49. The highest BCUT2D eigenvalue weighted by molar-refractivity contribution is 6.99. The summed E-state index contributed by atoms with van der Waals surface area (Å²) in [4.78, 5) is 0. The molecule has 0 aromatic heterocycles. The average molecular weight is 461 g/mol. The quantitative estimate of drug-likeness (QED) is 0.397. The molecule has 3 aromatic rings. The molecule has 0 radical (unpaired) electrons. The minimum Gasteiger partial charge on any atom is -0.403 e. The summed E-state index contributed by atoms with van der Waals surface area (Å²) >= 11 is 0. The highest BCUT2D eigenvalue weighted by Crippen LogP contribution is 2.37. The third kappa shape index (κ3) is 5.64. The molecule has 0 N–H and O–H groups in total. The lowest BCUT2D eigenvalue weighted by atomic mass is 10.1. The standard InChI is InChI=1S/C29H36O3Si/c1-29(2,3)33(26-12-6-4-7-13-26,27-14-8-5-9-15-27)32-23-25-19-17-24(18-20-25)11-10-16-28-30-21-22-31-28/h4-9,12-15,17-20,28H,10-11,16,21-23H2,1-3H3. The van der Waals surface area contributed by atoms with Crippen LogP contribution in [0.25, 0.3) is 0 Å². The first kappa shape index (κ1) is 23.9. The van der Waals surface area contributed by atoms with Crippen LogP contribution >= 0.6 is 0 Å². The summed E-state index contributed by atoms with van der Waals surface area (Å²) in [5.74, 6) is 0. The Morgan fingerprint density at radius 2 is 1.27 bits per heavy atom. The SMILES string of the molecule is CC(C)(C)[Si](OCc1ccc(CCCC2OCCO2)cc1)(c1ccccc1)c1ccccc1. The van der Waals surface area contributed by atoms with Crippen LogP contribution in [0.4, 0.5) is 0 Å². The molecule has 0 amide bonds. The van der Waals surface area contributed by atoms with Crippen molar-refractivity contribution in [1.82, 2.24) is 0 Å². The van der Waals surface area contributed by atoms with Gasteiger partial charge in [-0.2, -0.15) is 0 Å². The van der Waals surface area contributed by atoms with E-state index in [-0.39, 0.29) is 11.3 Å². The van der Waals surface area contributed by atoms with Crippen molar-refractivity contribution in [2.75, 3.05) is 13.2 Å². The Bertz CT molecular complexity index is 935. The normalized spacial score (nSPS) is 15.1. The molecule has 174 valence electrons. The first-order chi connectivity index (χ1) is 16.0. The minimum atomic E-state index is -2.51. The van der Waals surface area contributed by atoms with Gasteiger partial charge in [0.1, 0.15) is 0 Å². The summed E-state index contributed by atoms with van der Waals surface area (Å²) in [7, 11) is -2.51. The largest absolute Gasteiger partial charge is 0.403 e. The second-order valence-electron chi connectivity index (χ2n) is 9.83. The first-order valence-electron chi connectivity index (χ1n) is 12.0. The summed E-state index contributed by atoms with van der Waals surface area (Å²) in [6, 6.07) is 30.6. The highest BCUT2D eigenvalue weighted by atomic mass is 28.4. The van der Waals surface area contributed by atoms with Crippen LogP contribution in [0.5, 0.6) is 0 Å². The van der Waals surface area contributed by atoms with Gasteiger partial charge in [-0.05, 0) is 45.8 Å². The van der Waals surface area contributed by atoms with Crippen molar-refractivity contribution >= 4 is 18.7 Å². The lowest BCUT2D eigenvalue weighted by molar-refractivity contribution is -0.0475. The Labute approximate surface area is 199 Å². The van der Waals surface area contributed by atoms with Crippen LogP contribution in [0.3, 0.4) is 0 Å². The van der Waals surface area contributed by atoms with E-state index in [1.165, 1.54) is 21.5 Å². The molecule has 0 saturated carbocycles. The maximum absolute atomic E-state index is 7.05. The highest BCUT2D eigenvalue weighted by Gasteiger charge is 2.50. The zero-order valence-corrected chi connectivity index (χ0v) is 21.1. The van der Waals surface area contributed by atoms with E-state index in [0.717, 1.165) is 32.5 Å². The van der Waals surface area contributed by atoms with Crippen LogP contribution in [0.2, 0.25) is 5.04 Å². The fourth-order valence-electron chi connectivity index (χ4n) is 4.80. The number of hydrogen-bond acceptors (Lipinski definition) is 3. The van der Waals surface area contributed by atoms with Crippen molar-refractivity contribution in [3.8, 4) is 0 Å². The first-order valence-corrected chi connectivity index (χ1v) is 14.0. The van der Waals surface area contributed by atoms with Gasteiger partial charge in [0.2, 0.25) is 0 Å². The summed E-state index contributed by atoms with van der Waals surface area (Å²) in [6.07, 6.45) is 3.06. The monoisotopic (exact) mass is 460 g/mol. The molecule has 1 fully saturated rings. The molecule has 1 aliphatic heterocycles. The van der Waals surface area contributed by atoms with Crippen molar-refractivity contribution in [3.63, 3.8) is 0 Å². The number of ether oxygens (including phenoxy) is 2. The molecule has 3 nitrogen and oxygen atoms in total. The minimum absolute atomic E-state index is 0.0101. The second kappa shape index (κ2) is 10.8. The smallest absolute Gasteiger partial charge is 0.261 e. The van der Waals surface area contributed by atoms with Crippen LogP contribution in [0.15, 0.2) is 84.9 Å². The number of benzene rings is 3. The van der Waals surface area contributed by atoms with E-state index < -0.39 is 8.32 Å². The van der Waals surface area contributed by atoms with E-state index >= 15 is 0 Å². The molecule has 1 aliphatic rings. The van der Waals surface area contributed by atoms with Gasteiger partial charge in [-0.1, -0.05) is 106 Å². The summed E-state index contributed by atoms with van der Waals surface area (Å²) < 4.78 is 18.1.